The van der Waals surface area contributed by atoms with E-state index in [1.165, 1.54) is 104 Å². The lowest BCUT2D eigenvalue weighted by molar-refractivity contribution is -0.143. The number of Topliss-reactive ketones (excluding diaryl/α,β-unsaturated/α-hetero) is 2. The van der Waals surface area contributed by atoms with E-state index in [-0.39, 0.29) is 29.1 Å². The van der Waals surface area contributed by atoms with Gasteiger partial charge in [-0.25, -0.2) is 0 Å². The molecule has 0 spiro atoms. The average Bonchev–Trinajstić information content (AvgIpc) is 3.00. The van der Waals surface area contributed by atoms with E-state index in [0.29, 0.717) is 30.6 Å². The predicted molar refractivity (Wildman–Crippen MR) is 176 cm³/mol. The number of rotatable bonds is 29. The second-order valence-corrected chi connectivity index (χ2v) is 12.3. The Bertz CT molecular complexity index is 840. The summed E-state index contributed by atoms with van der Waals surface area (Å²) in [6, 6.07) is 0. The van der Waals surface area contributed by atoms with Crippen molar-refractivity contribution < 1.29 is 28.6 Å². The Morgan fingerprint density at radius 3 is 1.40 bits per heavy atom. The van der Waals surface area contributed by atoms with Gasteiger partial charge in [0.15, 0.2) is 0 Å². The fraction of sp³-hybridized carbons (Fsp3) is 0.811. The molecule has 1 rings (SSSR count). The van der Waals surface area contributed by atoms with E-state index in [0.717, 1.165) is 57.8 Å². The van der Waals surface area contributed by atoms with Crippen molar-refractivity contribution in [3.8, 4) is 0 Å². The molecule has 0 aromatic rings. The second-order valence-electron chi connectivity index (χ2n) is 12.3. The van der Waals surface area contributed by atoms with Crippen molar-refractivity contribution >= 4 is 17.5 Å². The van der Waals surface area contributed by atoms with E-state index in [2.05, 4.69) is 6.92 Å². The number of esters is 1. The fourth-order valence-electron chi connectivity index (χ4n) is 5.86. The number of methoxy groups -OCH3 is 2. The lowest BCUT2D eigenvalue weighted by Gasteiger charge is -2.20. The van der Waals surface area contributed by atoms with E-state index in [1.54, 1.807) is 6.92 Å². The Morgan fingerprint density at radius 1 is 0.535 bits per heavy atom. The Hall–Kier alpha value is -2.11. The topological polar surface area (TPSA) is 78.9 Å². The normalized spacial score (nSPS) is 13.7. The third kappa shape index (κ3) is 17.7. The molecule has 0 fully saturated rings. The molecule has 0 aromatic heterocycles. The van der Waals surface area contributed by atoms with Crippen molar-refractivity contribution in [2.45, 2.75) is 174 Å². The van der Waals surface area contributed by atoms with E-state index >= 15 is 0 Å². The summed E-state index contributed by atoms with van der Waals surface area (Å²) in [6.45, 7) is 4.53. The number of carbonyl (C=O) groups excluding carboxylic acids is 3. The molecule has 1 aliphatic rings. The molecule has 6 nitrogen and oxygen atoms in total. The van der Waals surface area contributed by atoms with Crippen LogP contribution in [0.5, 0.6) is 0 Å². The van der Waals surface area contributed by atoms with Gasteiger partial charge in [0.1, 0.15) is 0 Å². The molecule has 6 heteroatoms. The van der Waals surface area contributed by atoms with Crippen molar-refractivity contribution in [1.82, 2.24) is 0 Å². The third-order valence-corrected chi connectivity index (χ3v) is 8.66. The molecular weight excluding hydrogens is 540 g/mol. The molecule has 0 atom stereocenters. The minimum atomic E-state index is -0.266. The number of ether oxygens (including phenoxy) is 3. The van der Waals surface area contributed by atoms with Crippen LogP contribution in [0, 0.1) is 0 Å². The largest absolute Gasteiger partial charge is 0.489 e. The monoisotopic (exact) mass is 604 g/mol. The zero-order chi connectivity index (χ0) is 31.5. The van der Waals surface area contributed by atoms with Crippen molar-refractivity contribution in [2.75, 3.05) is 20.8 Å². The van der Waals surface area contributed by atoms with Gasteiger partial charge in [-0.2, -0.15) is 0 Å². The standard InChI is InChI=1S/C37H64O6/c1-5-6-7-8-9-10-11-12-13-14-15-16-17-21-24-27-30-43-33(38)29-26-23-20-18-19-22-25-28-32-31(2)34(39)36(41-3)37(42-4)35(32)40/h5-30H2,1-4H3. The summed E-state index contributed by atoms with van der Waals surface area (Å²) in [7, 11) is 2.77. The van der Waals surface area contributed by atoms with Gasteiger partial charge in [0.2, 0.25) is 23.1 Å². The summed E-state index contributed by atoms with van der Waals surface area (Å²) in [5.41, 5.74) is 1.00. The predicted octanol–water partition coefficient (Wildman–Crippen LogP) is 10.3. The molecule has 0 bridgehead atoms. The highest BCUT2D eigenvalue weighted by Gasteiger charge is 2.34. The Morgan fingerprint density at radius 2 is 0.930 bits per heavy atom. The Balaban J connectivity index is 1.88. The third-order valence-electron chi connectivity index (χ3n) is 8.66. The number of unbranched alkanes of at least 4 members (excludes halogenated alkanes) is 21. The maximum absolute atomic E-state index is 12.7. The SMILES string of the molecule is CCCCCCCCCCCCCCCCCCOC(=O)CCCCCCCCCC1=C(C)C(=O)C(OC)=C(OC)C1=O. The van der Waals surface area contributed by atoms with E-state index in [1.807, 2.05) is 0 Å². The van der Waals surface area contributed by atoms with Gasteiger partial charge in [0.05, 0.1) is 20.8 Å². The number of hydrogen-bond donors (Lipinski definition) is 0. The van der Waals surface area contributed by atoms with Crippen LogP contribution < -0.4 is 0 Å². The molecule has 43 heavy (non-hydrogen) atoms. The minimum Gasteiger partial charge on any atom is -0.489 e. The van der Waals surface area contributed by atoms with Crippen LogP contribution in [0.2, 0.25) is 0 Å². The number of ketones is 2. The summed E-state index contributed by atoms with van der Waals surface area (Å²) in [5, 5.41) is 0. The van der Waals surface area contributed by atoms with Gasteiger partial charge in [0.25, 0.3) is 0 Å². The fourth-order valence-corrected chi connectivity index (χ4v) is 5.86. The Kier molecular flexibility index (Phi) is 23.8. The van der Waals surface area contributed by atoms with Gasteiger partial charge in [-0.05, 0) is 32.6 Å². The van der Waals surface area contributed by atoms with Gasteiger partial charge < -0.3 is 14.2 Å². The number of hydrogen-bond acceptors (Lipinski definition) is 6. The maximum atomic E-state index is 12.7. The molecule has 0 N–H and O–H groups in total. The maximum Gasteiger partial charge on any atom is 0.305 e. The van der Waals surface area contributed by atoms with Crippen LogP contribution in [0.15, 0.2) is 22.7 Å². The highest BCUT2D eigenvalue weighted by molar-refractivity contribution is 6.23. The van der Waals surface area contributed by atoms with Gasteiger partial charge >= 0.3 is 5.97 Å². The van der Waals surface area contributed by atoms with Crippen molar-refractivity contribution in [1.29, 1.82) is 0 Å². The van der Waals surface area contributed by atoms with Crippen molar-refractivity contribution in [2.24, 2.45) is 0 Å². The van der Waals surface area contributed by atoms with Crippen LogP contribution in [0.4, 0.5) is 0 Å². The molecular formula is C37H64O6. The summed E-state index contributed by atoms with van der Waals surface area (Å²) >= 11 is 0. The van der Waals surface area contributed by atoms with Crippen molar-refractivity contribution in [3.05, 3.63) is 22.7 Å². The van der Waals surface area contributed by atoms with Gasteiger partial charge in [-0.15, -0.1) is 0 Å². The van der Waals surface area contributed by atoms with Gasteiger partial charge in [-0.1, -0.05) is 135 Å². The molecule has 0 aliphatic heterocycles. The summed E-state index contributed by atoms with van der Waals surface area (Å²) < 4.78 is 15.6. The molecule has 248 valence electrons. The first-order valence-electron chi connectivity index (χ1n) is 17.7. The van der Waals surface area contributed by atoms with Crippen LogP contribution in [0.25, 0.3) is 0 Å². The number of allylic oxidation sites excluding steroid dienone is 2. The average molecular weight is 605 g/mol. The quantitative estimate of drug-likeness (QED) is 0.0480. The van der Waals surface area contributed by atoms with Crippen molar-refractivity contribution in [3.63, 3.8) is 0 Å². The summed E-state index contributed by atoms with van der Waals surface area (Å²) in [4.78, 5) is 37.1. The van der Waals surface area contributed by atoms with Gasteiger partial charge in [0, 0.05) is 17.6 Å². The van der Waals surface area contributed by atoms with Crippen LogP contribution >= 0.6 is 0 Å². The highest BCUT2D eigenvalue weighted by Crippen LogP contribution is 2.29. The van der Waals surface area contributed by atoms with E-state index < -0.39 is 0 Å². The van der Waals surface area contributed by atoms with Crippen LogP contribution in [0.1, 0.15) is 174 Å². The smallest absolute Gasteiger partial charge is 0.305 e. The van der Waals surface area contributed by atoms with E-state index in [9.17, 15) is 14.4 Å². The Labute approximate surface area is 263 Å². The zero-order valence-electron chi connectivity index (χ0n) is 28.3. The lowest BCUT2D eigenvalue weighted by atomic mass is 9.89. The second kappa shape index (κ2) is 26.3. The lowest BCUT2D eigenvalue weighted by Crippen LogP contribution is -2.25. The van der Waals surface area contributed by atoms with Crippen LogP contribution in [-0.4, -0.2) is 38.4 Å². The molecule has 0 unspecified atom stereocenters. The van der Waals surface area contributed by atoms with E-state index in [4.69, 9.17) is 14.2 Å². The minimum absolute atomic E-state index is 0.00199. The molecule has 0 aromatic carbocycles. The molecule has 0 heterocycles. The summed E-state index contributed by atoms with van der Waals surface area (Å²) in [5.74, 6) is -0.553. The first-order chi connectivity index (χ1) is 21.0. The molecule has 0 amide bonds. The first kappa shape index (κ1) is 38.9. The number of carbonyl (C=O) groups is 3. The van der Waals surface area contributed by atoms with Crippen LogP contribution in [0.3, 0.4) is 0 Å². The molecule has 0 radical (unpaired) electrons. The molecule has 0 saturated carbocycles. The molecule has 1 aliphatic carbocycles. The first-order valence-corrected chi connectivity index (χ1v) is 17.7. The molecule has 0 saturated heterocycles. The van der Waals surface area contributed by atoms with Crippen LogP contribution in [-0.2, 0) is 28.6 Å². The highest BCUT2D eigenvalue weighted by atomic mass is 16.5. The van der Waals surface area contributed by atoms with Gasteiger partial charge in [-0.3, -0.25) is 14.4 Å². The summed E-state index contributed by atoms with van der Waals surface area (Å²) in [6.07, 6.45) is 29.7. The zero-order valence-corrected chi connectivity index (χ0v) is 28.3.